The van der Waals surface area contributed by atoms with Crippen LogP contribution in [0.15, 0.2) is 47.9 Å². The predicted octanol–water partition coefficient (Wildman–Crippen LogP) is 2.11. The minimum Gasteiger partial charge on any atom is -0.317 e. The van der Waals surface area contributed by atoms with Crippen LogP contribution < -0.4 is 4.90 Å². The number of nitrogens with zero attached hydrogens (tertiary/aromatic N) is 2. The van der Waals surface area contributed by atoms with Crippen LogP contribution in [0.4, 0.5) is 5.69 Å². The van der Waals surface area contributed by atoms with E-state index in [2.05, 4.69) is 4.98 Å². The molecule has 15 heavy (non-hydrogen) atoms. The molecule has 0 N–H and O–H groups in total. The van der Waals surface area contributed by atoms with Gasteiger partial charge in [-0.25, -0.2) is 0 Å². The summed E-state index contributed by atoms with van der Waals surface area (Å²) in [5, 5.41) is 0.516. The fraction of sp³-hybridized carbons (Fsp3) is 0.0909. The van der Waals surface area contributed by atoms with Gasteiger partial charge < -0.3 is 9.69 Å². The number of hydrogen-bond acceptors (Lipinski definition) is 3. The third-order valence-electron chi connectivity index (χ3n) is 2.13. The summed E-state index contributed by atoms with van der Waals surface area (Å²) >= 11 is 6.04. The van der Waals surface area contributed by atoms with Crippen molar-refractivity contribution >= 4 is 23.6 Å². The quantitative estimate of drug-likeness (QED) is 0.565. The van der Waals surface area contributed by atoms with Crippen LogP contribution in [0, 0.1) is 0 Å². The van der Waals surface area contributed by atoms with E-state index in [0.717, 1.165) is 12.0 Å². The third-order valence-corrected chi connectivity index (χ3v) is 2.44. The van der Waals surface area contributed by atoms with Gasteiger partial charge in [-0.1, -0.05) is 23.8 Å². The summed E-state index contributed by atoms with van der Waals surface area (Å²) in [6, 6.07) is 3.31. The Labute approximate surface area is 92.7 Å². The van der Waals surface area contributed by atoms with Gasteiger partial charge in [0.15, 0.2) is 0 Å². The summed E-state index contributed by atoms with van der Waals surface area (Å²) in [5.41, 5.74) is 0.806. The molecule has 1 unspecified atom stereocenters. The fourth-order valence-electron chi connectivity index (χ4n) is 1.46. The Bertz CT molecular complexity index is 414. The number of rotatable bonds is 2. The maximum atomic E-state index is 10.9. The smallest absolute Gasteiger partial charge is 0.146 e. The molecule has 2 heterocycles. The Hall–Kier alpha value is -1.61. The summed E-state index contributed by atoms with van der Waals surface area (Å²) in [4.78, 5) is 16.6. The summed E-state index contributed by atoms with van der Waals surface area (Å²) in [5.74, 6) is 0. The van der Waals surface area contributed by atoms with Gasteiger partial charge in [-0.3, -0.25) is 4.98 Å². The number of pyridine rings is 1. The Morgan fingerprint density at radius 1 is 1.53 bits per heavy atom. The highest BCUT2D eigenvalue weighted by Crippen LogP contribution is 2.25. The van der Waals surface area contributed by atoms with Crippen molar-refractivity contribution in [3.05, 3.63) is 47.9 Å². The first-order chi connectivity index (χ1) is 7.33. The van der Waals surface area contributed by atoms with Gasteiger partial charge in [-0.05, 0) is 18.2 Å². The number of halogens is 1. The molecule has 1 aliphatic rings. The molecule has 0 spiro atoms. The number of hydrogen-bond donors (Lipinski definition) is 0. The summed E-state index contributed by atoms with van der Waals surface area (Å²) in [6.07, 6.45) is 9.50. The molecule has 1 aliphatic heterocycles. The van der Waals surface area contributed by atoms with Crippen LogP contribution in [-0.4, -0.2) is 17.3 Å². The third kappa shape index (κ3) is 1.92. The average Bonchev–Trinajstić information content (AvgIpc) is 2.29. The first kappa shape index (κ1) is 9.93. The van der Waals surface area contributed by atoms with Crippen molar-refractivity contribution in [3.8, 4) is 0 Å². The monoisotopic (exact) mass is 220 g/mol. The van der Waals surface area contributed by atoms with Gasteiger partial charge >= 0.3 is 0 Å². The molecular weight excluding hydrogens is 212 g/mol. The van der Waals surface area contributed by atoms with E-state index in [0.29, 0.717) is 5.16 Å². The SMILES string of the molecule is O=CC1C=CC=C(Cl)N1c1cccnc1. The van der Waals surface area contributed by atoms with Crippen molar-refractivity contribution in [1.82, 2.24) is 4.98 Å². The van der Waals surface area contributed by atoms with Gasteiger partial charge in [0.25, 0.3) is 0 Å². The highest BCUT2D eigenvalue weighted by molar-refractivity contribution is 6.31. The molecule has 4 heteroatoms. The Morgan fingerprint density at radius 2 is 2.40 bits per heavy atom. The second-order valence-electron chi connectivity index (χ2n) is 3.08. The molecule has 0 radical (unpaired) electrons. The number of anilines is 1. The predicted molar refractivity (Wildman–Crippen MR) is 59.6 cm³/mol. The van der Waals surface area contributed by atoms with Crippen LogP contribution in [0.25, 0.3) is 0 Å². The highest BCUT2D eigenvalue weighted by atomic mass is 35.5. The zero-order valence-electron chi connectivity index (χ0n) is 7.88. The van der Waals surface area contributed by atoms with E-state index in [4.69, 9.17) is 11.6 Å². The molecule has 0 saturated carbocycles. The van der Waals surface area contributed by atoms with Crippen molar-refractivity contribution in [2.24, 2.45) is 0 Å². The summed E-state index contributed by atoms with van der Waals surface area (Å²) in [7, 11) is 0. The molecule has 1 atom stereocenters. The van der Waals surface area contributed by atoms with E-state index in [-0.39, 0.29) is 6.04 Å². The van der Waals surface area contributed by atoms with Crippen molar-refractivity contribution in [3.63, 3.8) is 0 Å². The Kier molecular flexibility index (Phi) is 2.83. The van der Waals surface area contributed by atoms with Gasteiger partial charge in [0.1, 0.15) is 17.5 Å². The zero-order valence-corrected chi connectivity index (χ0v) is 8.63. The maximum absolute atomic E-state index is 10.9. The molecule has 0 saturated heterocycles. The lowest BCUT2D eigenvalue weighted by molar-refractivity contribution is -0.108. The van der Waals surface area contributed by atoms with E-state index >= 15 is 0 Å². The Morgan fingerprint density at radius 3 is 3.07 bits per heavy atom. The summed E-state index contributed by atoms with van der Waals surface area (Å²) in [6.45, 7) is 0. The number of aldehydes is 1. The van der Waals surface area contributed by atoms with Crippen LogP contribution in [-0.2, 0) is 4.79 Å². The molecule has 2 rings (SSSR count). The molecule has 76 valence electrons. The number of carbonyl (C=O) groups excluding carboxylic acids is 1. The number of carbonyl (C=O) groups is 1. The van der Waals surface area contributed by atoms with Gasteiger partial charge in [-0.2, -0.15) is 0 Å². The zero-order chi connectivity index (χ0) is 10.7. The molecule has 0 fully saturated rings. The second kappa shape index (κ2) is 4.28. The molecule has 0 amide bonds. The van der Waals surface area contributed by atoms with E-state index in [1.165, 1.54) is 0 Å². The average molecular weight is 221 g/mol. The molecular formula is C11H9ClN2O. The first-order valence-corrected chi connectivity index (χ1v) is 4.89. The topological polar surface area (TPSA) is 33.2 Å². The van der Waals surface area contributed by atoms with Gasteiger partial charge in [-0.15, -0.1) is 0 Å². The summed E-state index contributed by atoms with van der Waals surface area (Å²) < 4.78 is 0. The maximum Gasteiger partial charge on any atom is 0.146 e. The van der Waals surface area contributed by atoms with Crippen molar-refractivity contribution in [1.29, 1.82) is 0 Å². The van der Waals surface area contributed by atoms with E-state index in [1.54, 1.807) is 41.6 Å². The molecule has 0 bridgehead atoms. The largest absolute Gasteiger partial charge is 0.317 e. The molecule has 0 aromatic carbocycles. The van der Waals surface area contributed by atoms with Crippen LogP contribution in [0.5, 0.6) is 0 Å². The van der Waals surface area contributed by atoms with Gasteiger partial charge in [0.2, 0.25) is 0 Å². The molecule has 3 nitrogen and oxygen atoms in total. The van der Waals surface area contributed by atoms with Crippen LogP contribution in [0.1, 0.15) is 0 Å². The Balaban J connectivity index is 2.38. The minimum absolute atomic E-state index is 0.355. The van der Waals surface area contributed by atoms with Crippen molar-refractivity contribution in [2.75, 3.05) is 4.90 Å². The van der Waals surface area contributed by atoms with E-state index in [9.17, 15) is 4.79 Å². The highest BCUT2D eigenvalue weighted by Gasteiger charge is 2.20. The first-order valence-electron chi connectivity index (χ1n) is 4.51. The van der Waals surface area contributed by atoms with Gasteiger partial charge in [0.05, 0.1) is 11.9 Å². The molecule has 0 aliphatic carbocycles. The lowest BCUT2D eigenvalue weighted by Gasteiger charge is -2.29. The lowest BCUT2D eigenvalue weighted by atomic mass is 10.2. The number of aromatic nitrogens is 1. The van der Waals surface area contributed by atoms with Crippen molar-refractivity contribution < 1.29 is 4.79 Å². The van der Waals surface area contributed by atoms with Crippen LogP contribution in [0.2, 0.25) is 0 Å². The number of allylic oxidation sites excluding steroid dienone is 2. The standard InChI is InChI=1S/C11H9ClN2O/c12-11-5-1-3-10(8-15)14(11)9-4-2-6-13-7-9/h1-8,10H. The molecule has 1 aromatic heterocycles. The molecule has 1 aromatic rings. The second-order valence-corrected chi connectivity index (χ2v) is 3.47. The van der Waals surface area contributed by atoms with E-state index < -0.39 is 0 Å². The fourth-order valence-corrected chi connectivity index (χ4v) is 1.74. The van der Waals surface area contributed by atoms with Crippen LogP contribution >= 0.6 is 11.6 Å². The van der Waals surface area contributed by atoms with E-state index in [1.807, 2.05) is 6.07 Å². The van der Waals surface area contributed by atoms with Crippen molar-refractivity contribution in [2.45, 2.75) is 6.04 Å². The lowest BCUT2D eigenvalue weighted by Crippen LogP contribution is -2.34. The minimum atomic E-state index is -0.355. The van der Waals surface area contributed by atoms with Crippen LogP contribution in [0.3, 0.4) is 0 Å². The normalized spacial score (nSPS) is 19.9. The van der Waals surface area contributed by atoms with Gasteiger partial charge in [0, 0.05) is 6.20 Å².